The molecule has 2 aliphatic heterocycles. The Bertz CT molecular complexity index is 836. The lowest BCUT2D eigenvalue weighted by molar-refractivity contribution is 0.334. The predicted octanol–water partition coefficient (Wildman–Crippen LogP) is 5.14. The summed E-state index contributed by atoms with van der Waals surface area (Å²) in [4.78, 5) is 7.66. The maximum Gasteiger partial charge on any atom is 0.132 e. The molecule has 28 heavy (non-hydrogen) atoms. The third kappa shape index (κ3) is 4.12. The third-order valence-corrected chi connectivity index (χ3v) is 6.31. The van der Waals surface area contributed by atoms with Crippen molar-refractivity contribution >= 4 is 22.4 Å². The van der Waals surface area contributed by atoms with Gasteiger partial charge in [0.15, 0.2) is 0 Å². The fourth-order valence-corrected chi connectivity index (χ4v) is 4.75. The molecule has 2 aromatic rings. The van der Waals surface area contributed by atoms with Gasteiger partial charge in [-0.15, -0.1) is 0 Å². The van der Waals surface area contributed by atoms with Gasteiger partial charge in [0.1, 0.15) is 5.82 Å². The Hall–Kier alpha value is -1.81. The number of aryl methyl sites for hydroxylation is 2. The van der Waals surface area contributed by atoms with Crippen LogP contribution in [0.2, 0.25) is 0 Å². The lowest BCUT2D eigenvalue weighted by atomic mass is 9.93. The number of nitrogens with zero attached hydrogens (tertiary/aromatic N) is 2. The number of aromatic nitrogens is 1. The van der Waals surface area contributed by atoms with Gasteiger partial charge in [-0.2, -0.15) is 0 Å². The molecule has 0 amide bonds. The van der Waals surface area contributed by atoms with Gasteiger partial charge >= 0.3 is 0 Å². The summed E-state index contributed by atoms with van der Waals surface area (Å²) in [5, 5.41) is 8.66. The largest absolute Gasteiger partial charge is 0.382 e. The number of pyridine rings is 1. The van der Waals surface area contributed by atoms with Crippen LogP contribution in [0.3, 0.4) is 0 Å². The highest BCUT2D eigenvalue weighted by atomic mass is 15.1. The van der Waals surface area contributed by atoms with E-state index < -0.39 is 0 Å². The number of anilines is 2. The van der Waals surface area contributed by atoms with E-state index in [0.717, 1.165) is 24.2 Å². The molecule has 4 nitrogen and oxygen atoms in total. The number of likely N-dealkylation sites (tertiary alicyclic amines) is 1. The number of benzene rings is 1. The van der Waals surface area contributed by atoms with Crippen molar-refractivity contribution in [3.63, 3.8) is 0 Å². The molecular weight excluding hydrogens is 344 g/mol. The highest BCUT2D eigenvalue weighted by molar-refractivity contribution is 5.97. The summed E-state index contributed by atoms with van der Waals surface area (Å²) in [6.07, 6.45) is 7.43. The average molecular weight is 381 g/mol. The standard InChI is InChI=1S/C24H36N4/c1-16(2)25-24-20-10-9-18(4)26-23(20)21-15-19(17(3)14-22(21)27-24)8-7-13-28-11-5-6-12-28/h14-16,18,26H,5-13H2,1-4H3,(H,25,27). The van der Waals surface area contributed by atoms with Crippen molar-refractivity contribution in [3.8, 4) is 0 Å². The molecule has 2 aliphatic rings. The van der Waals surface area contributed by atoms with E-state index in [1.54, 1.807) is 0 Å². The first-order valence-corrected chi connectivity index (χ1v) is 11.2. The summed E-state index contributed by atoms with van der Waals surface area (Å²) in [6, 6.07) is 5.63. The van der Waals surface area contributed by atoms with Gasteiger partial charge in [0, 0.05) is 23.0 Å². The second-order valence-corrected chi connectivity index (χ2v) is 9.15. The number of fused-ring (bicyclic) bond motifs is 3. The van der Waals surface area contributed by atoms with Crippen LogP contribution in [-0.4, -0.2) is 41.6 Å². The van der Waals surface area contributed by atoms with E-state index in [-0.39, 0.29) is 0 Å². The molecule has 0 spiro atoms. The maximum atomic E-state index is 5.04. The molecule has 0 aliphatic carbocycles. The van der Waals surface area contributed by atoms with Crippen LogP contribution in [0.25, 0.3) is 10.9 Å². The SMILES string of the molecule is Cc1cc2nc(NC(C)C)c3c(c2cc1CCCN1CCCC1)NC(C)CC3. The van der Waals surface area contributed by atoms with Crippen LogP contribution in [0.15, 0.2) is 12.1 Å². The lowest BCUT2D eigenvalue weighted by Gasteiger charge is -2.28. The van der Waals surface area contributed by atoms with E-state index in [1.165, 1.54) is 73.1 Å². The summed E-state index contributed by atoms with van der Waals surface area (Å²) in [6.45, 7) is 12.7. The van der Waals surface area contributed by atoms with Crippen LogP contribution in [0, 0.1) is 6.92 Å². The second-order valence-electron chi connectivity index (χ2n) is 9.15. The van der Waals surface area contributed by atoms with E-state index in [2.05, 4.69) is 55.4 Å². The van der Waals surface area contributed by atoms with Crippen molar-refractivity contribution < 1.29 is 0 Å². The molecule has 0 radical (unpaired) electrons. The molecule has 0 saturated carbocycles. The Labute approximate surface area is 170 Å². The van der Waals surface area contributed by atoms with Crippen molar-refractivity contribution in [2.75, 3.05) is 30.3 Å². The normalized spacial score (nSPS) is 19.8. The zero-order valence-electron chi connectivity index (χ0n) is 18.1. The Morgan fingerprint density at radius 3 is 2.79 bits per heavy atom. The van der Waals surface area contributed by atoms with Crippen molar-refractivity contribution in [1.29, 1.82) is 0 Å². The molecule has 152 valence electrons. The molecule has 1 aromatic heterocycles. The number of hydrogen-bond acceptors (Lipinski definition) is 4. The smallest absolute Gasteiger partial charge is 0.132 e. The fourth-order valence-electron chi connectivity index (χ4n) is 4.75. The Morgan fingerprint density at radius 2 is 2.04 bits per heavy atom. The van der Waals surface area contributed by atoms with Gasteiger partial charge in [0.05, 0.1) is 11.2 Å². The van der Waals surface area contributed by atoms with E-state index in [0.29, 0.717) is 12.1 Å². The highest BCUT2D eigenvalue weighted by Gasteiger charge is 2.22. The van der Waals surface area contributed by atoms with Gasteiger partial charge in [-0.1, -0.05) is 0 Å². The van der Waals surface area contributed by atoms with Gasteiger partial charge in [-0.05, 0) is 109 Å². The monoisotopic (exact) mass is 380 g/mol. The first kappa shape index (κ1) is 19.5. The minimum atomic E-state index is 0.388. The van der Waals surface area contributed by atoms with Crippen LogP contribution in [0.4, 0.5) is 11.5 Å². The van der Waals surface area contributed by atoms with Crippen LogP contribution in [0.5, 0.6) is 0 Å². The highest BCUT2D eigenvalue weighted by Crippen LogP contribution is 2.37. The zero-order chi connectivity index (χ0) is 19.7. The van der Waals surface area contributed by atoms with Gasteiger partial charge in [-0.3, -0.25) is 0 Å². The number of nitrogens with one attached hydrogen (secondary N) is 2. The minimum Gasteiger partial charge on any atom is -0.382 e. The van der Waals surface area contributed by atoms with Crippen LogP contribution in [0.1, 0.15) is 63.1 Å². The van der Waals surface area contributed by atoms with Gasteiger partial charge < -0.3 is 15.5 Å². The van der Waals surface area contributed by atoms with Gasteiger partial charge in [0.2, 0.25) is 0 Å². The first-order valence-electron chi connectivity index (χ1n) is 11.2. The predicted molar refractivity (Wildman–Crippen MR) is 121 cm³/mol. The number of hydrogen-bond donors (Lipinski definition) is 2. The molecule has 0 bridgehead atoms. The molecule has 1 atom stereocenters. The van der Waals surface area contributed by atoms with E-state index >= 15 is 0 Å². The molecule has 1 aromatic carbocycles. The summed E-state index contributed by atoms with van der Waals surface area (Å²) >= 11 is 0. The number of rotatable bonds is 6. The minimum absolute atomic E-state index is 0.388. The second kappa shape index (κ2) is 8.28. The molecule has 1 unspecified atom stereocenters. The van der Waals surface area contributed by atoms with Crippen molar-refractivity contribution in [1.82, 2.24) is 9.88 Å². The van der Waals surface area contributed by atoms with Crippen LogP contribution in [-0.2, 0) is 12.8 Å². The topological polar surface area (TPSA) is 40.2 Å². The van der Waals surface area contributed by atoms with Crippen LogP contribution >= 0.6 is 0 Å². The Kier molecular flexibility index (Phi) is 5.77. The first-order chi connectivity index (χ1) is 13.5. The fraction of sp³-hybridized carbons (Fsp3) is 0.625. The summed E-state index contributed by atoms with van der Waals surface area (Å²) in [7, 11) is 0. The zero-order valence-corrected chi connectivity index (χ0v) is 18.1. The maximum absolute atomic E-state index is 5.04. The third-order valence-electron chi connectivity index (χ3n) is 6.31. The van der Waals surface area contributed by atoms with Crippen molar-refractivity contribution in [2.45, 2.75) is 78.3 Å². The molecule has 4 heteroatoms. The van der Waals surface area contributed by atoms with E-state index in [1.807, 2.05) is 0 Å². The molecule has 3 heterocycles. The molecule has 4 rings (SSSR count). The molecule has 1 saturated heterocycles. The van der Waals surface area contributed by atoms with Gasteiger partial charge in [-0.25, -0.2) is 4.98 Å². The van der Waals surface area contributed by atoms with Crippen LogP contribution < -0.4 is 10.6 Å². The lowest BCUT2D eigenvalue weighted by Crippen LogP contribution is -2.24. The molecule has 2 N–H and O–H groups in total. The van der Waals surface area contributed by atoms with E-state index in [4.69, 9.17) is 4.98 Å². The summed E-state index contributed by atoms with van der Waals surface area (Å²) in [5.74, 6) is 1.07. The van der Waals surface area contributed by atoms with Gasteiger partial charge in [0.25, 0.3) is 0 Å². The summed E-state index contributed by atoms with van der Waals surface area (Å²) in [5.41, 5.74) is 6.66. The van der Waals surface area contributed by atoms with Crippen molar-refractivity contribution in [2.24, 2.45) is 0 Å². The average Bonchev–Trinajstić information content (AvgIpc) is 3.15. The van der Waals surface area contributed by atoms with E-state index in [9.17, 15) is 0 Å². The quantitative estimate of drug-likeness (QED) is 0.728. The summed E-state index contributed by atoms with van der Waals surface area (Å²) < 4.78 is 0. The molecular formula is C24H36N4. The molecule has 1 fully saturated rings. The Morgan fingerprint density at radius 1 is 1.25 bits per heavy atom. The Balaban J connectivity index is 1.65. The van der Waals surface area contributed by atoms with Crippen molar-refractivity contribution in [3.05, 3.63) is 28.8 Å².